The van der Waals surface area contributed by atoms with Crippen LogP contribution in [-0.2, 0) is 6.54 Å². The molecule has 0 saturated heterocycles. The molecule has 1 aliphatic heterocycles. The number of hydrogen-bond donors (Lipinski definition) is 0. The number of rotatable bonds is 3. The molecule has 100 valence electrons. The van der Waals surface area contributed by atoms with Crippen molar-refractivity contribution in [3.8, 4) is 0 Å². The van der Waals surface area contributed by atoms with Crippen LogP contribution in [0.3, 0.4) is 0 Å². The van der Waals surface area contributed by atoms with E-state index in [4.69, 9.17) is 0 Å². The van der Waals surface area contributed by atoms with E-state index in [1.807, 2.05) is 29.2 Å². The Balaban J connectivity index is 1.97. The number of carbonyl (C=O) groups excluding carboxylic acids is 1. The summed E-state index contributed by atoms with van der Waals surface area (Å²) in [6.07, 6.45) is 5.36. The van der Waals surface area contributed by atoms with Gasteiger partial charge in [0.1, 0.15) is 0 Å². The minimum atomic E-state index is -0.0367. The molecule has 0 fully saturated rings. The van der Waals surface area contributed by atoms with Gasteiger partial charge in [-0.3, -0.25) is 4.79 Å². The summed E-state index contributed by atoms with van der Waals surface area (Å²) in [4.78, 5) is 18.0. The van der Waals surface area contributed by atoms with Crippen molar-refractivity contribution < 1.29 is 4.79 Å². The van der Waals surface area contributed by atoms with Crippen LogP contribution < -0.4 is 0 Å². The molecule has 0 spiro atoms. The molecular weight excluding hydrogens is 244 g/mol. The molecule has 7 heteroatoms. The third-order valence-electron chi connectivity index (χ3n) is 3.58. The van der Waals surface area contributed by atoms with Crippen LogP contribution in [-0.4, -0.2) is 48.2 Å². The van der Waals surface area contributed by atoms with E-state index in [-0.39, 0.29) is 11.9 Å². The van der Waals surface area contributed by atoms with Crippen molar-refractivity contribution in [3.63, 3.8) is 0 Å². The molecule has 0 saturated carbocycles. The average molecular weight is 260 g/mol. The Kier molecular flexibility index (Phi) is 2.81. The highest BCUT2D eigenvalue weighted by molar-refractivity contribution is 5.91. The summed E-state index contributed by atoms with van der Waals surface area (Å²) >= 11 is 0. The molecule has 19 heavy (non-hydrogen) atoms. The van der Waals surface area contributed by atoms with Crippen molar-refractivity contribution in [2.75, 3.05) is 13.1 Å². The summed E-state index contributed by atoms with van der Waals surface area (Å²) in [6, 6.07) is 0.0183. The first-order chi connectivity index (χ1) is 9.22. The molecule has 1 atom stereocenters. The van der Waals surface area contributed by atoms with Crippen molar-refractivity contribution in [1.29, 1.82) is 0 Å². The van der Waals surface area contributed by atoms with E-state index in [1.165, 1.54) is 0 Å². The van der Waals surface area contributed by atoms with Gasteiger partial charge in [-0.15, -0.1) is 10.2 Å². The number of amides is 1. The SMILES string of the molecule is CCN1CCn2c(nnc2C(C)n2ccnc2)C1=O. The van der Waals surface area contributed by atoms with Gasteiger partial charge in [-0.25, -0.2) is 4.98 Å². The summed E-state index contributed by atoms with van der Waals surface area (Å²) in [5, 5.41) is 8.24. The van der Waals surface area contributed by atoms with Crippen LogP contribution in [0.2, 0.25) is 0 Å². The Hall–Kier alpha value is -2.18. The first-order valence-electron chi connectivity index (χ1n) is 6.42. The van der Waals surface area contributed by atoms with Gasteiger partial charge in [0.2, 0.25) is 5.82 Å². The number of hydrogen-bond acceptors (Lipinski definition) is 4. The normalized spacial score (nSPS) is 16.5. The maximum absolute atomic E-state index is 12.2. The molecule has 2 aromatic heterocycles. The van der Waals surface area contributed by atoms with E-state index in [2.05, 4.69) is 15.2 Å². The highest BCUT2D eigenvalue weighted by Crippen LogP contribution is 2.20. The monoisotopic (exact) mass is 260 g/mol. The number of likely N-dealkylation sites (N-methyl/N-ethyl adjacent to an activating group) is 1. The fraction of sp³-hybridized carbons (Fsp3) is 0.500. The van der Waals surface area contributed by atoms with Gasteiger partial charge in [0, 0.05) is 32.0 Å². The van der Waals surface area contributed by atoms with Gasteiger partial charge in [0.25, 0.3) is 5.91 Å². The molecule has 1 amide bonds. The molecule has 2 aromatic rings. The van der Waals surface area contributed by atoms with Gasteiger partial charge in [0.15, 0.2) is 5.82 Å². The lowest BCUT2D eigenvalue weighted by Gasteiger charge is -2.27. The van der Waals surface area contributed by atoms with Crippen LogP contribution in [0, 0.1) is 0 Å². The molecule has 7 nitrogen and oxygen atoms in total. The fourth-order valence-corrected chi connectivity index (χ4v) is 2.40. The van der Waals surface area contributed by atoms with Gasteiger partial charge in [0.05, 0.1) is 12.4 Å². The smallest absolute Gasteiger partial charge is 0.291 e. The Morgan fingerprint density at radius 3 is 2.89 bits per heavy atom. The van der Waals surface area contributed by atoms with E-state index < -0.39 is 0 Å². The minimum Gasteiger partial charge on any atom is -0.334 e. The molecule has 3 heterocycles. The Morgan fingerprint density at radius 1 is 1.37 bits per heavy atom. The van der Waals surface area contributed by atoms with Gasteiger partial charge in [-0.2, -0.15) is 0 Å². The minimum absolute atomic E-state index is 0.0183. The van der Waals surface area contributed by atoms with Crippen molar-refractivity contribution in [2.24, 2.45) is 0 Å². The van der Waals surface area contributed by atoms with Gasteiger partial charge in [-0.1, -0.05) is 0 Å². The van der Waals surface area contributed by atoms with Crippen molar-refractivity contribution in [2.45, 2.75) is 26.4 Å². The number of fused-ring (bicyclic) bond motifs is 1. The van der Waals surface area contributed by atoms with Crippen LogP contribution in [0.15, 0.2) is 18.7 Å². The third-order valence-corrected chi connectivity index (χ3v) is 3.58. The number of aromatic nitrogens is 5. The lowest BCUT2D eigenvalue weighted by molar-refractivity contribution is 0.0705. The van der Waals surface area contributed by atoms with Crippen molar-refractivity contribution >= 4 is 5.91 Å². The van der Waals surface area contributed by atoms with Crippen molar-refractivity contribution in [1.82, 2.24) is 29.2 Å². The second-order valence-corrected chi connectivity index (χ2v) is 4.60. The van der Waals surface area contributed by atoms with E-state index in [0.29, 0.717) is 18.9 Å². The van der Waals surface area contributed by atoms with E-state index >= 15 is 0 Å². The third kappa shape index (κ3) is 1.81. The lowest BCUT2D eigenvalue weighted by atomic mass is 10.2. The van der Waals surface area contributed by atoms with E-state index in [9.17, 15) is 4.79 Å². The quantitative estimate of drug-likeness (QED) is 0.808. The van der Waals surface area contributed by atoms with E-state index in [0.717, 1.165) is 12.4 Å². The van der Waals surface area contributed by atoms with Gasteiger partial charge in [-0.05, 0) is 13.8 Å². The zero-order chi connectivity index (χ0) is 13.4. The first kappa shape index (κ1) is 11.9. The summed E-state index contributed by atoms with van der Waals surface area (Å²) in [5.74, 6) is 1.21. The molecule has 0 bridgehead atoms. The second kappa shape index (κ2) is 4.49. The Morgan fingerprint density at radius 2 is 2.21 bits per heavy atom. The number of nitrogens with zero attached hydrogens (tertiary/aromatic N) is 6. The largest absolute Gasteiger partial charge is 0.334 e. The molecule has 0 N–H and O–H groups in total. The summed E-state index contributed by atoms with van der Waals surface area (Å²) in [5.41, 5.74) is 0. The fourth-order valence-electron chi connectivity index (χ4n) is 2.40. The zero-order valence-electron chi connectivity index (χ0n) is 11.0. The molecule has 1 aliphatic rings. The Labute approximate surface area is 110 Å². The standard InChI is InChI=1S/C12H16N6O/c1-3-16-6-7-18-10(14-15-11(18)12(16)19)9(2)17-5-4-13-8-17/h4-5,8-9H,3,6-7H2,1-2H3. The van der Waals surface area contributed by atoms with E-state index in [1.54, 1.807) is 17.4 Å². The molecule has 3 rings (SSSR count). The van der Waals surface area contributed by atoms with Crippen LogP contribution in [0.1, 0.15) is 36.3 Å². The number of imidazole rings is 1. The maximum atomic E-state index is 12.2. The maximum Gasteiger partial charge on any atom is 0.291 e. The molecule has 0 aliphatic carbocycles. The highest BCUT2D eigenvalue weighted by Gasteiger charge is 2.29. The van der Waals surface area contributed by atoms with Crippen LogP contribution >= 0.6 is 0 Å². The van der Waals surface area contributed by atoms with Crippen LogP contribution in [0.5, 0.6) is 0 Å². The van der Waals surface area contributed by atoms with Gasteiger partial charge >= 0.3 is 0 Å². The number of carbonyl (C=O) groups is 1. The predicted molar refractivity (Wildman–Crippen MR) is 67.6 cm³/mol. The first-order valence-corrected chi connectivity index (χ1v) is 6.42. The molecule has 1 unspecified atom stereocenters. The summed E-state index contributed by atoms with van der Waals surface area (Å²) < 4.78 is 3.87. The Bertz CT molecular complexity index is 587. The van der Waals surface area contributed by atoms with Gasteiger partial charge < -0.3 is 14.0 Å². The summed E-state index contributed by atoms with van der Waals surface area (Å²) in [6.45, 7) is 6.16. The molecule has 0 aromatic carbocycles. The topological polar surface area (TPSA) is 68.8 Å². The highest BCUT2D eigenvalue weighted by atomic mass is 16.2. The summed E-state index contributed by atoms with van der Waals surface area (Å²) in [7, 11) is 0. The zero-order valence-corrected chi connectivity index (χ0v) is 11.0. The predicted octanol–water partition coefficient (Wildman–Crippen LogP) is 0.560. The van der Waals surface area contributed by atoms with Crippen LogP contribution in [0.25, 0.3) is 0 Å². The second-order valence-electron chi connectivity index (χ2n) is 4.60. The van der Waals surface area contributed by atoms with Crippen LogP contribution in [0.4, 0.5) is 0 Å². The molecular formula is C12H16N6O. The lowest BCUT2D eigenvalue weighted by Crippen LogP contribution is -2.40. The van der Waals surface area contributed by atoms with Crippen molar-refractivity contribution in [3.05, 3.63) is 30.4 Å². The average Bonchev–Trinajstić information content (AvgIpc) is 3.08. The molecule has 0 radical (unpaired) electrons.